The van der Waals surface area contributed by atoms with Gasteiger partial charge in [0, 0.05) is 23.0 Å². The highest BCUT2D eigenvalue weighted by molar-refractivity contribution is 7.91. The summed E-state index contributed by atoms with van der Waals surface area (Å²) in [6.07, 6.45) is -2.71. The fourth-order valence-corrected chi connectivity index (χ4v) is 4.41. The van der Waals surface area contributed by atoms with Crippen molar-refractivity contribution in [2.75, 3.05) is 5.75 Å². The van der Waals surface area contributed by atoms with Gasteiger partial charge in [-0.3, -0.25) is 0 Å². The molecule has 12 heteroatoms. The molecule has 0 bridgehead atoms. The van der Waals surface area contributed by atoms with Gasteiger partial charge in [0.1, 0.15) is 4.90 Å². The predicted molar refractivity (Wildman–Crippen MR) is 116 cm³/mol. The summed E-state index contributed by atoms with van der Waals surface area (Å²) in [5.41, 5.74) is -0.247. The minimum atomic E-state index is -4.67. The molecule has 33 heavy (non-hydrogen) atoms. The molecule has 3 heterocycles. The van der Waals surface area contributed by atoms with Crippen LogP contribution in [0.2, 0.25) is 5.02 Å². The zero-order chi connectivity index (χ0) is 24.1. The number of benzene rings is 1. The van der Waals surface area contributed by atoms with E-state index in [2.05, 4.69) is 10.1 Å². The summed E-state index contributed by atoms with van der Waals surface area (Å²) in [6, 6.07) is 8.33. The molecule has 0 radical (unpaired) electrons. The average Bonchev–Trinajstić information content (AvgIpc) is 3.10. The SMILES string of the molecule is CCS(=O)(=O)c1cc(-c2ccc(C)c(Cl)c2)cnc1-n1nc2ccc(C(F)(F)F)cn2c1=O. The maximum absolute atomic E-state index is 13.1. The van der Waals surface area contributed by atoms with Crippen LogP contribution in [-0.2, 0) is 16.0 Å². The fraction of sp³-hybridized carbons (Fsp3) is 0.190. The van der Waals surface area contributed by atoms with E-state index in [4.69, 9.17) is 11.6 Å². The van der Waals surface area contributed by atoms with Crippen molar-refractivity contribution in [1.82, 2.24) is 19.2 Å². The minimum absolute atomic E-state index is 0.0935. The molecule has 3 aromatic heterocycles. The van der Waals surface area contributed by atoms with Crippen molar-refractivity contribution < 1.29 is 21.6 Å². The Hall–Kier alpha value is -3.18. The van der Waals surface area contributed by atoms with Crippen LogP contribution in [0.4, 0.5) is 13.2 Å². The lowest BCUT2D eigenvalue weighted by atomic mass is 10.1. The molecule has 0 spiro atoms. The minimum Gasteiger partial charge on any atom is -0.249 e. The first-order chi connectivity index (χ1) is 15.4. The molecule has 0 N–H and O–H groups in total. The topological polar surface area (TPSA) is 86.3 Å². The van der Waals surface area contributed by atoms with Crippen molar-refractivity contribution in [2.24, 2.45) is 0 Å². The maximum Gasteiger partial charge on any atom is 0.417 e. The third-order valence-electron chi connectivity index (χ3n) is 5.10. The number of fused-ring (bicyclic) bond motifs is 1. The Balaban J connectivity index is 1.95. The van der Waals surface area contributed by atoms with Crippen LogP contribution in [-0.4, -0.2) is 33.3 Å². The second-order valence-corrected chi connectivity index (χ2v) is 9.91. The molecule has 4 aromatic rings. The van der Waals surface area contributed by atoms with Gasteiger partial charge >= 0.3 is 11.9 Å². The van der Waals surface area contributed by atoms with Crippen molar-refractivity contribution in [3.63, 3.8) is 0 Å². The van der Waals surface area contributed by atoms with E-state index in [1.165, 1.54) is 19.2 Å². The van der Waals surface area contributed by atoms with Gasteiger partial charge in [-0.15, -0.1) is 5.10 Å². The van der Waals surface area contributed by atoms with Crippen molar-refractivity contribution in [3.8, 4) is 16.9 Å². The van der Waals surface area contributed by atoms with Crippen molar-refractivity contribution in [1.29, 1.82) is 0 Å². The summed E-state index contributed by atoms with van der Waals surface area (Å²) in [6.45, 7) is 3.25. The normalized spacial score (nSPS) is 12.4. The Bertz CT molecular complexity index is 1560. The third kappa shape index (κ3) is 4.13. The lowest BCUT2D eigenvalue weighted by Gasteiger charge is -2.11. The number of aryl methyl sites for hydroxylation is 1. The first-order valence-electron chi connectivity index (χ1n) is 9.60. The zero-order valence-electron chi connectivity index (χ0n) is 17.3. The second kappa shape index (κ2) is 7.99. The van der Waals surface area contributed by atoms with Gasteiger partial charge < -0.3 is 0 Å². The van der Waals surface area contributed by atoms with Crippen LogP contribution in [0.5, 0.6) is 0 Å². The summed E-state index contributed by atoms with van der Waals surface area (Å²) in [4.78, 5) is 16.7. The number of aromatic nitrogens is 4. The summed E-state index contributed by atoms with van der Waals surface area (Å²) in [7, 11) is -3.90. The number of nitrogens with zero attached hydrogens (tertiary/aromatic N) is 4. The first kappa shape index (κ1) is 23.0. The molecular formula is C21H16ClF3N4O3S. The van der Waals surface area contributed by atoms with Crippen LogP contribution in [0.3, 0.4) is 0 Å². The van der Waals surface area contributed by atoms with E-state index >= 15 is 0 Å². The van der Waals surface area contributed by atoms with Crippen LogP contribution in [0.1, 0.15) is 18.1 Å². The highest BCUT2D eigenvalue weighted by atomic mass is 35.5. The monoisotopic (exact) mass is 496 g/mol. The van der Waals surface area contributed by atoms with E-state index in [-0.39, 0.29) is 22.1 Å². The van der Waals surface area contributed by atoms with Crippen LogP contribution < -0.4 is 5.69 Å². The molecule has 0 fully saturated rings. The Labute approximate surface area is 191 Å². The molecule has 0 aliphatic heterocycles. The zero-order valence-corrected chi connectivity index (χ0v) is 18.8. The number of sulfone groups is 1. The lowest BCUT2D eigenvalue weighted by Crippen LogP contribution is -2.23. The number of pyridine rings is 2. The van der Waals surface area contributed by atoms with Gasteiger partial charge in [-0.2, -0.15) is 17.9 Å². The highest BCUT2D eigenvalue weighted by Gasteiger charge is 2.31. The molecule has 7 nitrogen and oxygen atoms in total. The number of alkyl halides is 3. The molecule has 0 saturated heterocycles. The number of hydrogen-bond acceptors (Lipinski definition) is 5. The van der Waals surface area contributed by atoms with Gasteiger partial charge in [0.25, 0.3) is 0 Å². The average molecular weight is 497 g/mol. The van der Waals surface area contributed by atoms with Crippen LogP contribution in [0.15, 0.2) is 58.5 Å². The Morgan fingerprint density at radius 2 is 1.82 bits per heavy atom. The van der Waals surface area contributed by atoms with Gasteiger partial charge in [-0.25, -0.2) is 22.6 Å². The standard InChI is InChI=1S/C21H16ClF3N4O3S/c1-3-33(31,32)17-9-14(13-5-4-12(2)16(22)8-13)10-26-19(17)29-20(30)28-11-15(21(23,24)25)6-7-18(28)27-29/h4-11H,3H2,1-2H3. The fourth-order valence-electron chi connectivity index (χ4n) is 3.19. The van der Waals surface area contributed by atoms with E-state index < -0.39 is 27.3 Å². The van der Waals surface area contributed by atoms with E-state index in [1.54, 1.807) is 18.2 Å². The number of rotatable bonds is 4. The predicted octanol–water partition coefficient (Wildman–Crippen LogP) is 4.32. The second-order valence-electron chi connectivity index (χ2n) is 7.25. The Kier molecular flexibility index (Phi) is 5.57. The summed E-state index contributed by atoms with van der Waals surface area (Å²) >= 11 is 6.18. The van der Waals surface area contributed by atoms with E-state index in [1.807, 2.05) is 6.92 Å². The molecule has 1 aromatic carbocycles. The van der Waals surface area contributed by atoms with E-state index in [9.17, 15) is 26.4 Å². The largest absolute Gasteiger partial charge is 0.417 e. The maximum atomic E-state index is 13.1. The molecule has 0 atom stereocenters. The summed E-state index contributed by atoms with van der Waals surface area (Å²) < 4.78 is 66.2. The molecule has 172 valence electrons. The number of halogens is 4. The molecule has 0 aliphatic rings. The summed E-state index contributed by atoms with van der Waals surface area (Å²) in [5, 5.41) is 4.47. The molecule has 4 rings (SSSR count). The van der Waals surface area contributed by atoms with Crippen LogP contribution in [0.25, 0.3) is 22.6 Å². The van der Waals surface area contributed by atoms with Crippen LogP contribution in [0, 0.1) is 6.92 Å². The third-order valence-corrected chi connectivity index (χ3v) is 7.24. The Morgan fingerprint density at radius 1 is 1.09 bits per heavy atom. The van der Waals surface area contributed by atoms with Gasteiger partial charge in [0.15, 0.2) is 21.3 Å². The quantitative estimate of drug-likeness (QED) is 0.420. The van der Waals surface area contributed by atoms with Gasteiger partial charge in [0.2, 0.25) is 0 Å². The Morgan fingerprint density at radius 3 is 2.45 bits per heavy atom. The number of hydrogen-bond donors (Lipinski definition) is 0. The molecule has 0 amide bonds. The first-order valence-corrected chi connectivity index (χ1v) is 11.6. The van der Waals surface area contributed by atoms with Crippen molar-refractivity contribution >= 4 is 27.1 Å². The van der Waals surface area contributed by atoms with E-state index in [0.29, 0.717) is 31.4 Å². The van der Waals surface area contributed by atoms with Crippen molar-refractivity contribution in [2.45, 2.75) is 24.9 Å². The van der Waals surface area contributed by atoms with Gasteiger partial charge in [-0.05, 0) is 42.3 Å². The van der Waals surface area contributed by atoms with Gasteiger partial charge in [0.05, 0.1) is 11.3 Å². The van der Waals surface area contributed by atoms with Crippen molar-refractivity contribution in [3.05, 3.63) is 75.4 Å². The smallest absolute Gasteiger partial charge is 0.249 e. The molecular weight excluding hydrogens is 481 g/mol. The lowest BCUT2D eigenvalue weighted by molar-refractivity contribution is -0.137. The van der Waals surface area contributed by atoms with Crippen LogP contribution >= 0.6 is 11.6 Å². The highest BCUT2D eigenvalue weighted by Crippen LogP contribution is 2.30. The molecule has 0 aliphatic carbocycles. The molecule has 0 saturated carbocycles. The van der Waals surface area contributed by atoms with E-state index in [0.717, 1.165) is 17.7 Å². The van der Waals surface area contributed by atoms with Gasteiger partial charge in [-0.1, -0.05) is 30.7 Å². The molecule has 0 unspecified atom stereocenters. The summed E-state index contributed by atoms with van der Waals surface area (Å²) in [5.74, 6) is -0.596.